The number of aliphatic hydroxyl groups is 1. The molecule has 96 valence electrons. The van der Waals surface area contributed by atoms with E-state index >= 15 is 0 Å². The number of thiophene rings is 1. The number of hydrogen-bond donors (Lipinski definition) is 1. The van der Waals surface area contributed by atoms with E-state index in [4.69, 9.17) is 0 Å². The molecule has 1 aliphatic rings. The smallest absolute Gasteiger partial charge is 0.0938 e. The summed E-state index contributed by atoms with van der Waals surface area (Å²) in [4.78, 5) is 2.47. The van der Waals surface area contributed by atoms with Crippen molar-refractivity contribution >= 4 is 11.3 Å². The third-order valence-corrected chi connectivity index (χ3v) is 5.08. The molecule has 1 nitrogen and oxygen atoms in total. The highest BCUT2D eigenvalue weighted by molar-refractivity contribution is 7.12. The van der Waals surface area contributed by atoms with Crippen molar-refractivity contribution < 1.29 is 5.11 Å². The number of aliphatic hydroxyl groups excluding tert-OH is 1. The molecule has 1 fully saturated rings. The van der Waals surface area contributed by atoms with Gasteiger partial charge < -0.3 is 5.11 Å². The molecular formula is C15H24OS. The lowest BCUT2D eigenvalue weighted by atomic mass is 9.73. The van der Waals surface area contributed by atoms with Crippen LogP contribution >= 0.6 is 11.3 Å². The molecule has 2 heteroatoms. The van der Waals surface area contributed by atoms with E-state index in [0.29, 0.717) is 5.92 Å². The van der Waals surface area contributed by atoms with Gasteiger partial charge in [-0.05, 0) is 44.2 Å². The Kier molecular flexibility index (Phi) is 3.94. The van der Waals surface area contributed by atoms with Crippen LogP contribution in [-0.4, -0.2) is 5.11 Å². The first-order valence-corrected chi connectivity index (χ1v) is 7.59. The van der Waals surface area contributed by atoms with Crippen molar-refractivity contribution in [3.05, 3.63) is 21.9 Å². The molecular weight excluding hydrogens is 228 g/mol. The van der Waals surface area contributed by atoms with Crippen LogP contribution in [0.1, 0.15) is 61.8 Å². The second-order valence-electron chi connectivity index (χ2n) is 6.02. The van der Waals surface area contributed by atoms with Gasteiger partial charge in [0.1, 0.15) is 0 Å². The fourth-order valence-electron chi connectivity index (χ4n) is 3.38. The van der Waals surface area contributed by atoms with Crippen LogP contribution in [0.25, 0.3) is 0 Å². The fraction of sp³-hybridized carbons (Fsp3) is 0.733. The van der Waals surface area contributed by atoms with Crippen LogP contribution in [0, 0.1) is 18.3 Å². The van der Waals surface area contributed by atoms with Crippen LogP contribution in [0.2, 0.25) is 0 Å². The Morgan fingerprint density at radius 1 is 1.29 bits per heavy atom. The molecule has 1 N–H and O–H groups in total. The van der Waals surface area contributed by atoms with Crippen molar-refractivity contribution in [2.75, 3.05) is 0 Å². The summed E-state index contributed by atoms with van der Waals surface area (Å²) in [5.74, 6) is 0.670. The quantitative estimate of drug-likeness (QED) is 0.823. The van der Waals surface area contributed by atoms with Crippen LogP contribution < -0.4 is 0 Å². The molecule has 0 radical (unpaired) electrons. The van der Waals surface area contributed by atoms with Gasteiger partial charge >= 0.3 is 0 Å². The van der Waals surface area contributed by atoms with Crippen molar-refractivity contribution in [2.24, 2.45) is 11.3 Å². The topological polar surface area (TPSA) is 20.2 Å². The molecule has 2 rings (SSSR count). The maximum absolute atomic E-state index is 10.7. The third-order valence-electron chi connectivity index (χ3n) is 4.02. The van der Waals surface area contributed by atoms with Gasteiger partial charge in [0, 0.05) is 15.2 Å². The van der Waals surface area contributed by atoms with E-state index in [1.54, 1.807) is 11.3 Å². The molecule has 1 heterocycles. The summed E-state index contributed by atoms with van der Waals surface area (Å²) in [6.07, 6.45) is 5.88. The molecule has 1 unspecified atom stereocenters. The van der Waals surface area contributed by atoms with E-state index in [1.165, 1.54) is 35.4 Å². The normalized spacial score (nSPS) is 21.0. The van der Waals surface area contributed by atoms with Gasteiger partial charge in [0.05, 0.1) is 6.10 Å². The Bertz CT molecular complexity index is 361. The van der Waals surface area contributed by atoms with Crippen LogP contribution in [-0.2, 0) is 0 Å². The van der Waals surface area contributed by atoms with Gasteiger partial charge in [-0.2, -0.15) is 0 Å². The van der Waals surface area contributed by atoms with E-state index in [-0.39, 0.29) is 11.5 Å². The first kappa shape index (κ1) is 13.1. The van der Waals surface area contributed by atoms with Crippen LogP contribution in [0.4, 0.5) is 0 Å². The molecule has 0 aliphatic heterocycles. The first-order chi connectivity index (χ1) is 8.03. The van der Waals surface area contributed by atoms with E-state index in [1.807, 2.05) is 0 Å². The summed E-state index contributed by atoms with van der Waals surface area (Å²) >= 11 is 1.76. The summed E-state index contributed by atoms with van der Waals surface area (Å²) < 4.78 is 0. The van der Waals surface area contributed by atoms with Crippen molar-refractivity contribution in [3.63, 3.8) is 0 Å². The van der Waals surface area contributed by atoms with E-state index < -0.39 is 0 Å². The summed E-state index contributed by atoms with van der Waals surface area (Å²) in [7, 11) is 0. The SMILES string of the molecule is Cc1ccc(C(O)C2(CC(C)C)CCCC2)s1. The average Bonchev–Trinajstić information content (AvgIpc) is 2.86. The van der Waals surface area contributed by atoms with Gasteiger partial charge in [-0.1, -0.05) is 26.7 Å². The van der Waals surface area contributed by atoms with Crippen LogP contribution in [0.5, 0.6) is 0 Å². The standard InChI is InChI=1S/C15H24OS/c1-11(2)10-15(8-4-5-9-15)14(16)13-7-6-12(3)17-13/h6-7,11,14,16H,4-5,8-10H2,1-3H3. The van der Waals surface area contributed by atoms with Crippen molar-refractivity contribution in [1.29, 1.82) is 0 Å². The summed E-state index contributed by atoms with van der Waals surface area (Å²) in [5.41, 5.74) is 0.158. The van der Waals surface area contributed by atoms with E-state index in [9.17, 15) is 5.11 Å². The minimum Gasteiger partial charge on any atom is -0.387 e. The molecule has 0 spiro atoms. The second-order valence-corrected chi connectivity index (χ2v) is 7.34. The zero-order valence-corrected chi connectivity index (χ0v) is 12.0. The highest BCUT2D eigenvalue weighted by Gasteiger charge is 2.41. The first-order valence-electron chi connectivity index (χ1n) is 6.78. The average molecular weight is 252 g/mol. The highest BCUT2D eigenvalue weighted by atomic mass is 32.1. The Hall–Kier alpha value is -0.340. The van der Waals surface area contributed by atoms with E-state index in [2.05, 4.69) is 32.9 Å². The molecule has 0 saturated heterocycles. The second kappa shape index (κ2) is 5.11. The predicted molar refractivity (Wildman–Crippen MR) is 74.4 cm³/mol. The molecule has 1 saturated carbocycles. The number of rotatable bonds is 4. The van der Waals surface area contributed by atoms with Gasteiger partial charge in [-0.25, -0.2) is 0 Å². The highest BCUT2D eigenvalue weighted by Crippen LogP contribution is 2.52. The van der Waals surface area contributed by atoms with Gasteiger partial charge in [0.25, 0.3) is 0 Å². The lowest BCUT2D eigenvalue weighted by Crippen LogP contribution is -2.27. The zero-order valence-electron chi connectivity index (χ0n) is 11.2. The molecule has 0 amide bonds. The molecule has 0 aromatic carbocycles. The van der Waals surface area contributed by atoms with Crippen molar-refractivity contribution in [3.8, 4) is 0 Å². The Morgan fingerprint density at radius 3 is 2.41 bits per heavy atom. The third kappa shape index (κ3) is 2.74. The van der Waals surface area contributed by atoms with Crippen LogP contribution in [0.15, 0.2) is 12.1 Å². The number of aryl methyl sites for hydroxylation is 1. The van der Waals surface area contributed by atoms with Gasteiger partial charge in [0.15, 0.2) is 0 Å². The summed E-state index contributed by atoms with van der Waals surface area (Å²) in [6, 6.07) is 4.24. The molecule has 1 atom stereocenters. The Labute approximate surface area is 109 Å². The number of hydrogen-bond acceptors (Lipinski definition) is 2. The lowest BCUT2D eigenvalue weighted by Gasteiger charge is -2.35. The Balaban J connectivity index is 2.21. The van der Waals surface area contributed by atoms with Crippen LogP contribution in [0.3, 0.4) is 0 Å². The summed E-state index contributed by atoms with van der Waals surface area (Å²) in [6.45, 7) is 6.66. The maximum Gasteiger partial charge on any atom is 0.0938 e. The molecule has 17 heavy (non-hydrogen) atoms. The summed E-state index contributed by atoms with van der Waals surface area (Å²) in [5, 5.41) is 10.7. The predicted octanol–water partition coefficient (Wildman–Crippen LogP) is 4.70. The monoisotopic (exact) mass is 252 g/mol. The fourth-order valence-corrected chi connectivity index (χ4v) is 4.39. The minimum absolute atomic E-state index is 0.158. The van der Waals surface area contributed by atoms with Gasteiger partial charge in [0.2, 0.25) is 0 Å². The minimum atomic E-state index is -0.244. The molecule has 1 aromatic rings. The Morgan fingerprint density at radius 2 is 1.94 bits per heavy atom. The molecule has 0 bridgehead atoms. The van der Waals surface area contributed by atoms with Crippen molar-refractivity contribution in [2.45, 2.75) is 59.0 Å². The van der Waals surface area contributed by atoms with Gasteiger partial charge in [-0.15, -0.1) is 11.3 Å². The largest absolute Gasteiger partial charge is 0.387 e. The maximum atomic E-state index is 10.7. The molecule has 1 aliphatic carbocycles. The van der Waals surface area contributed by atoms with Gasteiger partial charge in [-0.3, -0.25) is 0 Å². The van der Waals surface area contributed by atoms with E-state index in [0.717, 1.165) is 6.42 Å². The molecule has 1 aromatic heterocycles. The van der Waals surface area contributed by atoms with Crippen molar-refractivity contribution in [1.82, 2.24) is 0 Å². The lowest BCUT2D eigenvalue weighted by molar-refractivity contribution is 0.0138. The zero-order chi connectivity index (χ0) is 12.5.